The molecule has 0 bridgehead atoms. The Morgan fingerprint density at radius 3 is 1.70 bits per heavy atom. The van der Waals surface area contributed by atoms with E-state index in [9.17, 15) is 14.4 Å². The van der Waals surface area contributed by atoms with Crippen molar-refractivity contribution in [3.8, 4) is 0 Å². The van der Waals surface area contributed by atoms with Crippen molar-refractivity contribution >= 4 is 34.9 Å². The first-order valence-corrected chi connectivity index (χ1v) is 11.6. The van der Waals surface area contributed by atoms with Crippen molar-refractivity contribution in [1.29, 1.82) is 0 Å². The van der Waals surface area contributed by atoms with Crippen LogP contribution in [0.2, 0.25) is 0 Å². The lowest BCUT2D eigenvalue weighted by molar-refractivity contribution is -0.128. The number of nitrogens with one attached hydrogen (secondary N) is 2. The second kappa shape index (κ2) is 11.0. The van der Waals surface area contributed by atoms with Gasteiger partial charge in [0.05, 0.1) is 11.4 Å². The second-order valence-electron chi connectivity index (χ2n) is 9.23. The number of fused-ring (bicyclic) bond motifs is 1. The Hall–Kier alpha value is -3.35. The van der Waals surface area contributed by atoms with Gasteiger partial charge in [0, 0.05) is 18.8 Å². The predicted octanol–water partition coefficient (Wildman–Crippen LogP) is 4.65. The molecule has 1 aliphatic heterocycles. The van der Waals surface area contributed by atoms with Crippen LogP contribution in [0.5, 0.6) is 0 Å². The number of benzene rings is 2. The molecule has 0 atom stereocenters. The molecular weight excluding hydrogens is 416 g/mol. The lowest BCUT2D eigenvalue weighted by Crippen LogP contribution is -2.56. The van der Waals surface area contributed by atoms with E-state index < -0.39 is 23.9 Å². The van der Waals surface area contributed by atoms with Crippen LogP contribution in [0.25, 0.3) is 0 Å². The summed E-state index contributed by atoms with van der Waals surface area (Å²) in [5.41, 5.74) is 1.99. The molecule has 1 aliphatic rings. The highest BCUT2D eigenvalue weighted by molar-refractivity contribution is 6.21. The van der Waals surface area contributed by atoms with Crippen LogP contribution in [0.3, 0.4) is 0 Å². The van der Waals surface area contributed by atoms with E-state index in [1.165, 1.54) is 0 Å². The van der Waals surface area contributed by atoms with Crippen molar-refractivity contribution in [2.24, 2.45) is 11.8 Å². The van der Waals surface area contributed by atoms with Gasteiger partial charge in [-0.1, -0.05) is 58.0 Å². The molecule has 3 rings (SSSR count). The topological polar surface area (TPSA) is 81.8 Å². The van der Waals surface area contributed by atoms with Crippen molar-refractivity contribution in [3.63, 3.8) is 0 Å². The fraction of sp³-hybridized carbons (Fsp3) is 0.423. The smallest absolute Gasteiger partial charge is 0.318 e. The minimum absolute atomic E-state index is 0.383. The highest BCUT2D eigenvalue weighted by Crippen LogP contribution is 2.34. The maximum Gasteiger partial charge on any atom is 0.320 e. The summed E-state index contributed by atoms with van der Waals surface area (Å²) in [7, 11) is 0. The van der Waals surface area contributed by atoms with Crippen LogP contribution in [-0.4, -0.2) is 37.0 Å². The Bertz CT molecular complexity index is 924. The van der Waals surface area contributed by atoms with Crippen LogP contribution in [0.1, 0.15) is 40.5 Å². The van der Waals surface area contributed by atoms with E-state index in [-0.39, 0.29) is 0 Å². The monoisotopic (exact) mass is 450 g/mol. The maximum atomic E-state index is 13.6. The van der Waals surface area contributed by atoms with Crippen LogP contribution < -0.4 is 20.4 Å². The molecule has 1 heterocycles. The van der Waals surface area contributed by atoms with E-state index in [1.54, 1.807) is 34.1 Å². The zero-order valence-corrected chi connectivity index (χ0v) is 19.9. The van der Waals surface area contributed by atoms with Gasteiger partial charge in [0.1, 0.15) is 0 Å². The number of carbonyl (C=O) groups excluding carboxylic acids is 3. The first-order chi connectivity index (χ1) is 15.8. The number of hydrogen-bond donors (Lipinski definition) is 2. The molecule has 33 heavy (non-hydrogen) atoms. The third-order valence-corrected chi connectivity index (χ3v) is 5.66. The van der Waals surface area contributed by atoms with Gasteiger partial charge in [-0.2, -0.15) is 0 Å². The molecule has 176 valence electrons. The summed E-state index contributed by atoms with van der Waals surface area (Å²) < 4.78 is 0. The highest BCUT2D eigenvalue weighted by Gasteiger charge is 2.41. The van der Waals surface area contributed by atoms with Crippen molar-refractivity contribution in [2.75, 3.05) is 28.2 Å². The Balaban J connectivity index is 1.95. The van der Waals surface area contributed by atoms with Gasteiger partial charge in [-0.15, -0.1) is 0 Å². The zero-order chi connectivity index (χ0) is 24.0. The Morgan fingerprint density at radius 1 is 0.788 bits per heavy atom. The normalized spacial score (nSPS) is 14.5. The molecule has 0 spiro atoms. The fourth-order valence-electron chi connectivity index (χ4n) is 3.75. The Kier molecular flexibility index (Phi) is 8.09. The molecule has 2 aromatic rings. The number of nitrogens with zero attached hydrogens (tertiary/aromatic N) is 2. The van der Waals surface area contributed by atoms with Crippen molar-refractivity contribution in [3.05, 3.63) is 54.6 Å². The molecule has 0 radical (unpaired) electrons. The number of hydrogen-bond acceptors (Lipinski definition) is 3. The van der Waals surface area contributed by atoms with Crippen molar-refractivity contribution in [2.45, 2.75) is 46.6 Å². The first kappa shape index (κ1) is 24.3. The molecule has 0 aliphatic carbocycles. The summed E-state index contributed by atoms with van der Waals surface area (Å²) in [5, 5.41) is 5.36. The summed E-state index contributed by atoms with van der Waals surface area (Å²) in [6, 6.07) is 14.5. The fourth-order valence-corrected chi connectivity index (χ4v) is 3.75. The standard InChI is InChI=1S/C26H34N4O3/c1-18(2)14-16-29-21-12-8-9-13-22(21)30(17-15-19(3)4)25(32)23(24(29)31)28-26(33)27-20-10-6-5-7-11-20/h5-13,18-19,23H,14-17H2,1-4H3,(H2,27,28,33). The lowest BCUT2D eigenvalue weighted by Gasteiger charge is -2.26. The molecular formula is C26H34N4O3. The summed E-state index contributed by atoms with van der Waals surface area (Å²) in [6.07, 6.45) is 1.56. The number of para-hydroxylation sites is 3. The molecule has 0 unspecified atom stereocenters. The SMILES string of the molecule is CC(C)CCN1C(=O)C(NC(=O)Nc2ccccc2)C(=O)N(CCC(C)C)c2ccccc21. The largest absolute Gasteiger partial charge is 0.320 e. The number of anilines is 3. The van der Waals surface area contributed by atoms with E-state index in [1.807, 2.05) is 30.3 Å². The lowest BCUT2D eigenvalue weighted by atomic mass is 10.1. The summed E-state index contributed by atoms with van der Waals surface area (Å²) >= 11 is 0. The van der Waals surface area contributed by atoms with Gasteiger partial charge in [-0.25, -0.2) is 4.79 Å². The summed E-state index contributed by atoms with van der Waals surface area (Å²) in [5.74, 6) is -0.0609. The highest BCUT2D eigenvalue weighted by atomic mass is 16.2. The van der Waals surface area contributed by atoms with E-state index in [4.69, 9.17) is 0 Å². The number of rotatable bonds is 8. The number of urea groups is 1. The van der Waals surface area contributed by atoms with Crippen LogP contribution >= 0.6 is 0 Å². The second-order valence-corrected chi connectivity index (χ2v) is 9.23. The Morgan fingerprint density at radius 2 is 1.24 bits per heavy atom. The molecule has 7 nitrogen and oxygen atoms in total. The van der Waals surface area contributed by atoms with Crippen LogP contribution in [-0.2, 0) is 9.59 Å². The van der Waals surface area contributed by atoms with Gasteiger partial charge >= 0.3 is 6.03 Å². The third-order valence-electron chi connectivity index (χ3n) is 5.66. The third kappa shape index (κ3) is 6.12. The quantitative estimate of drug-likeness (QED) is 0.575. The molecule has 0 aromatic heterocycles. The molecule has 0 saturated heterocycles. The molecule has 4 amide bonds. The van der Waals surface area contributed by atoms with Gasteiger partial charge in [-0.05, 0) is 48.9 Å². The van der Waals surface area contributed by atoms with Gasteiger partial charge in [0.2, 0.25) is 0 Å². The van der Waals surface area contributed by atoms with Gasteiger partial charge in [0.15, 0.2) is 6.04 Å². The first-order valence-electron chi connectivity index (χ1n) is 11.6. The molecule has 2 aromatic carbocycles. The van der Waals surface area contributed by atoms with Crippen molar-refractivity contribution in [1.82, 2.24) is 5.32 Å². The van der Waals surface area contributed by atoms with E-state index in [0.29, 0.717) is 42.0 Å². The van der Waals surface area contributed by atoms with Gasteiger partial charge in [0.25, 0.3) is 11.8 Å². The minimum atomic E-state index is -1.31. The van der Waals surface area contributed by atoms with Crippen LogP contribution in [0.15, 0.2) is 54.6 Å². The average Bonchev–Trinajstić information content (AvgIpc) is 2.85. The van der Waals surface area contributed by atoms with E-state index >= 15 is 0 Å². The summed E-state index contributed by atoms with van der Waals surface area (Å²) in [6.45, 7) is 9.32. The predicted molar refractivity (Wildman–Crippen MR) is 132 cm³/mol. The minimum Gasteiger partial charge on any atom is -0.318 e. The molecule has 0 saturated carbocycles. The Labute approximate surface area is 196 Å². The maximum absolute atomic E-state index is 13.6. The van der Waals surface area contributed by atoms with Gasteiger partial charge < -0.3 is 20.4 Å². The van der Waals surface area contributed by atoms with Gasteiger partial charge in [-0.3, -0.25) is 9.59 Å². The number of amides is 4. The van der Waals surface area contributed by atoms with E-state index in [2.05, 4.69) is 38.3 Å². The van der Waals surface area contributed by atoms with E-state index in [0.717, 1.165) is 12.8 Å². The van der Waals surface area contributed by atoms with Crippen LogP contribution in [0, 0.1) is 11.8 Å². The molecule has 0 fully saturated rings. The van der Waals surface area contributed by atoms with Crippen molar-refractivity contribution < 1.29 is 14.4 Å². The zero-order valence-electron chi connectivity index (χ0n) is 19.9. The number of carbonyl (C=O) groups is 3. The average molecular weight is 451 g/mol. The summed E-state index contributed by atoms with van der Waals surface area (Å²) in [4.78, 5) is 43.3. The molecule has 7 heteroatoms. The molecule has 2 N–H and O–H groups in total. The van der Waals surface area contributed by atoms with Crippen LogP contribution in [0.4, 0.5) is 21.9 Å².